The van der Waals surface area contributed by atoms with Gasteiger partial charge in [0.1, 0.15) is 0 Å². The second-order valence-electron chi connectivity index (χ2n) is 4.20. The predicted molar refractivity (Wildman–Crippen MR) is 62.6 cm³/mol. The first kappa shape index (κ1) is 12.2. The lowest BCUT2D eigenvalue weighted by Crippen LogP contribution is -2.53. The van der Waals surface area contributed by atoms with Crippen LogP contribution >= 0.6 is 15.9 Å². The Kier molecular flexibility index (Phi) is 3.24. The SMILES string of the molecule is CC(C(=O)O)C1CN(C(=O)c2ccc(Br)o2)C1. The molecule has 0 spiro atoms. The number of amides is 1. The van der Waals surface area contributed by atoms with Crippen LogP contribution in [0.4, 0.5) is 0 Å². The summed E-state index contributed by atoms with van der Waals surface area (Å²) in [7, 11) is 0. The van der Waals surface area contributed by atoms with Crippen LogP contribution in [-0.2, 0) is 4.79 Å². The molecule has 1 saturated heterocycles. The Hall–Kier alpha value is -1.30. The van der Waals surface area contributed by atoms with Gasteiger partial charge in [0.15, 0.2) is 10.4 Å². The van der Waals surface area contributed by atoms with Crippen molar-refractivity contribution >= 4 is 27.8 Å². The van der Waals surface area contributed by atoms with Crippen molar-refractivity contribution < 1.29 is 19.1 Å². The van der Waals surface area contributed by atoms with Crippen LogP contribution < -0.4 is 0 Å². The number of furan rings is 1. The molecule has 1 N–H and O–H groups in total. The Morgan fingerprint density at radius 1 is 1.53 bits per heavy atom. The Bertz CT molecular complexity index is 450. The molecular formula is C11H12BrNO4. The van der Waals surface area contributed by atoms with E-state index in [1.807, 2.05) is 0 Å². The summed E-state index contributed by atoms with van der Waals surface area (Å²) >= 11 is 3.13. The molecule has 6 heteroatoms. The van der Waals surface area contributed by atoms with E-state index in [1.165, 1.54) is 0 Å². The molecule has 2 rings (SSSR count). The third-order valence-electron chi connectivity index (χ3n) is 3.08. The lowest BCUT2D eigenvalue weighted by molar-refractivity contribution is -0.144. The molecule has 1 fully saturated rings. The van der Waals surface area contributed by atoms with Gasteiger partial charge in [-0.15, -0.1) is 0 Å². The second-order valence-corrected chi connectivity index (χ2v) is 4.98. The van der Waals surface area contributed by atoms with Crippen molar-refractivity contribution in [3.8, 4) is 0 Å². The summed E-state index contributed by atoms with van der Waals surface area (Å²) in [6.07, 6.45) is 0. The molecule has 1 aromatic rings. The predicted octanol–water partition coefficient (Wildman–Crippen LogP) is 1.83. The molecule has 1 amide bonds. The number of halogens is 1. The van der Waals surface area contributed by atoms with Crippen LogP contribution in [0.25, 0.3) is 0 Å². The van der Waals surface area contributed by atoms with Gasteiger partial charge >= 0.3 is 5.97 Å². The van der Waals surface area contributed by atoms with Gasteiger partial charge in [0, 0.05) is 19.0 Å². The maximum atomic E-state index is 11.8. The van der Waals surface area contributed by atoms with Gasteiger partial charge in [-0.2, -0.15) is 0 Å². The van der Waals surface area contributed by atoms with E-state index in [-0.39, 0.29) is 17.6 Å². The third kappa shape index (κ3) is 2.36. The average Bonchev–Trinajstić information content (AvgIpc) is 2.62. The zero-order valence-corrected chi connectivity index (χ0v) is 10.8. The van der Waals surface area contributed by atoms with E-state index in [2.05, 4.69) is 15.9 Å². The van der Waals surface area contributed by atoms with E-state index in [0.717, 1.165) is 0 Å². The summed E-state index contributed by atoms with van der Waals surface area (Å²) < 4.78 is 5.67. The molecule has 0 radical (unpaired) electrons. The van der Waals surface area contributed by atoms with Gasteiger partial charge in [0.2, 0.25) is 0 Å². The molecule has 1 atom stereocenters. The molecule has 1 aromatic heterocycles. The van der Waals surface area contributed by atoms with Gasteiger partial charge in [0.25, 0.3) is 5.91 Å². The Balaban J connectivity index is 1.92. The molecule has 1 aliphatic rings. The lowest BCUT2D eigenvalue weighted by Gasteiger charge is -2.40. The molecule has 5 nitrogen and oxygen atoms in total. The minimum Gasteiger partial charge on any atom is -0.481 e. The van der Waals surface area contributed by atoms with Crippen LogP contribution in [0.1, 0.15) is 17.5 Å². The Morgan fingerprint density at radius 2 is 2.18 bits per heavy atom. The highest BCUT2D eigenvalue weighted by Crippen LogP contribution is 2.26. The first-order valence-electron chi connectivity index (χ1n) is 5.26. The molecule has 1 aliphatic heterocycles. The van der Waals surface area contributed by atoms with Gasteiger partial charge in [-0.3, -0.25) is 9.59 Å². The maximum Gasteiger partial charge on any atom is 0.306 e. The summed E-state index contributed by atoms with van der Waals surface area (Å²) in [5, 5.41) is 8.83. The molecule has 0 aromatic carbocycles. The molecule has 17 heavy (non-hydrogen) atoms. The number of carboxylic acids is 1. The number of aliphatic carboxylic acids is 1. The van der Waals surface area contributed by atoms with Gasteiger partial charge < -0.3 is 14.4 Å². The zero-order valence-electron chi connectivity index (χ0n) is 9.22. The molecule has 0 saturated carbocycles. The molecule has 2 heterocycles. The zero-order chi connectivity index (χ0) is 12.6. The summed E-state index contributed by atoms with van der Waals surface area (Å²) in [6, 6.07) is 3.25. The van der Waals surface area contributed by atoms with Crippen LogP contribution in [0.2, 0.25) is 0 Å². The van der Waals surface area contributed by atoms with Gasteiger partial charge in [0.05, 0.1) is 5.92 Å². The molecule has 0 aliphatic carbocycles. The van der Waals surface area contributed by atoms with E-state index in [1.54, 1.807) is 24.0 Å². The molecule has 0 bridgehead atoms. The van der Waals surface area contributed by atoms with Crippen molar-refractivity contribution in [1.29, 1.82) is 0 Å². The fourth-order valence-electron chi connectivity index (χ4n) is 1.78. The Labute approximate surface area is 107 Å². The van der Waals surface area contributed by atoms with E-state index in [4.69, 9.17) is 9.52 Å². The number of hydrogen-bond acceptors (Lipinski definition) is 3. The normalized spacial score (nSPS) is 17.6. The lowest BCUT2D eigenvalue weighted by atomic mass is 9.87. The number of nitrogens with zero attached hydrogens (tertiary/aromatic N) is 1. The smallest absolute Gasteiger partial charge is 0.306 e. The number of hydrogen-bond donors (Lipinski definition) is 1. The monoisotopic (exact) mass is 301 g/mol. The maximum absolute atomic E-state index is 11.8. The van der Waals surface area contributed by atoms with Crippen molar-refractivity contribution in [3.05, 3.63) is 22.6 Å². The number of carbonyl (C=O) groups is 2. The highest BCUT2D eigenvalue weighted by atomic mass is 79.9. The van der Waals surface area contributed by atoms with E-state index in [0.29, 0.717) is 17.8 Å². The van der Waals surface area contributed by atoms with Crippen LogP contribution in [0.3, 0.4) is 0 Å². The first-order valence-corrected chi connectivity index (χ1v) is 6.05. The second kappa shape index (κ2) is 4.52. The molecule has 92 valence electrons. The number of carboxylic acid groups (broad SMARTS) is 1. The topological polar surface area (TPSA) is 70.8 Å². The largest absolute Gasteiger partial charge is 0.481 e. The van der Waals surface area contributed by atoms with E-state index in [9.17, 15) is 9.59 Å². The Morgan fingerprint density at radius 3 is 2.65 bits per heavy atom. The highest BCUT2D eigenvalue weighted by molar-refractivity contribution is 9.10. The van der Waals surface area contributed by atoms with E-state index < -0.39 is 11.9 Å². The van der Waals surface area contributed by atoms with Gasteiger partial charge in [-0.25, -0.2) is 0 Å². The highest BCUT2D eigenvalue weighted by Gasteiger charge is 2.38. The summed E-state index contributed by atoms with van der Waals surface area (Å²) in [4.78, 5) is 24.2. The minimum absolute atomic E-state index is 0.0369. The summed E-state index contributed by atoms with van der Waals surface area (Å²) in [6.45, 7) is 2.62. The third-order valence-corrected chi connectivity index (χ3v) is 3.50. The van der Waals surface area contributed by atoms with Crippen molar-refractivity contribution in [2.45, 2.75) is 6.92 Å². The minimum atomic E-state index is -0.817. The standard InChI is InChI=1S/C11H12BrNO4/c1-6(11(15)16)7-4-13(5-7)10(14)8-2-3-9(12)17-8/h2-3,6-7H,4-5H2,1H3,(H,15,16). The van der Waals surface area contributed by atoms with Crippen molar-refractivity contribution in [1.82, 2.24) is 4.90 Å². The number of carbonyl (C=O) groups excluding carboxylic acids is 1. The van der Waals surface area contributed by atoms with Crippen molar-refractivity contribution in [3.63, 3.8) is 0 Å². The van der Waals surface area contributed by atoms with Crippen LogP contribution in [0.15, 0.2) is 21.2 Å². The first-order chi connectivity index (χ1) is 7.99. The number of rotatable bonds is 3. The van der Waals surface area contributed by atoms with Gasteiger partial charge in [-0.05, 0) is 28.1 Å². The quantitative estimate of drug-likeness (QED) is 0.925. The van der Waals surface area contributed by atoms with Crippen LogP contribution in [0.5, 0.6) is 0 Å². The molecule has 1 unspecified atom stereocenters. The summed E-state index contributed by atoms with van der Waals surface area (Å²) in [5.41, 5.74) is 0. The average molecular weight is 302 g/mol. The fraction of sp³-hybridized carbons (Fsp3) is 0.455. The fourth-order valence-corrected chi connectivity index (χ4v) is 2.09. The van der Waals surface area contributed by atoms with Gasteiger partial charge in [-0.1, -0.05) is 6.92 Å². The van der Waals surface area contributed by atoms with Crippen LogP contribution in [0, 0.1) is 11.8 Å². The molecular weight excluding hydrogens is 290 g/mol. The number of likely N-dealkylation sites (tertiary alicyclic amines) is 1. The van der Waals surface area contributed by atoms with Crippen molar-refractivity contribution in [2.24, 2.45) is 11.8 Å². The summed E-state index contributed by atoms with van der Waals surface area (Å²) in [5.74, 6) is -1.11. The van der Waals surface area contributed by atoms with Crippen LogP contribution in [-0.4, -0.2) is 35.0 Å². The van der Waals surface area contributed by atoms with E-state index >= 15 is 0 Å². The van der Waals surface area contributed by atoms with Crippen molar-refractivity contribution in [2.75, 3.05) is 13.1 Å².